The highest BCUT2D eigenvalue weighted by Crippen LogP contribution is 2.28. The first-order chi connectivity index (χ1) is 12.5. The standard InChI is InChI=1S/C16H11F2N3O4S/c17-15(18)24-13-6-4-11(5-7-13)14-19-20-16(25-14)26-9-10-2-1-3-12(8-10)21(22)23/h1-8,15H,9H2. The Balaban J connectivity index is 1.64. The largest absolute Gasteiger partial charge is 0.435 e. The van der Waals surface area contributed by atoms with Crippen LogP contribution in [0.1, 0.15) is 5.56 Å². The van der Waals surface area contributed by atoms with Crippen LogP contribution in [-0.2, 0) is 5.75 Å². The molecule has 134 valence electrons. The van der Waals surface area contributed by atoms with Crippen LogP contribution in [0.2, 0.25) is 0 Å². The van der Waals surface area contributed by atoms with E-state index in [-0.39, 0.29) is 17.3 Å². The molecule has 7 nitrogen and oxygen atoms in total. The zero-order chi connectivity index (χ0) is 18.5. The highest BCUT2D eigenvalue weighted by atomic mass is 32.2. The Kier molecular flexibility index (Phi) is 5.42. The number of benzene rings is 2. The average molecular weight is 379 g/mol. The molecule has 0 fully saturated rings. The predicted octanol–water partition coefficient (Wildman–Crippen LogP) is 4.54. The van der Waals surface area contributed by atoms with Gasteiger partial charge in [0.2, 0.25) is 5.89 Å². The molecule has 0 amide bonds. The smallest absolute Gasteiger partial charge is 0.387 e. The number of alkyl halides is 2. The van der Waals surface area contributed by atoms with E-state index in [1.165, 1.54) is 48.2 Å². The summed E-state index contributed by atoms with van der Waals surface area (Å²) >= 11 is 1.23. The van der Waals surface area contributed by atoms with Crippen LogP contribution in [0.3, 0.4) is 0 Å². The first-order valence-corrected chi connectivity index (χ1v) is 8.25. The van der Waals surface area contributed by atoms with Gasteiger partial charge in [-0.25, -0.2) is 0 Å². The lowest BCUT2D eigenvalue weighted by molar-refractivity contribution is -0.384. The fraction of sp³-hybridized carbons (Fsp3) is 0.125. The molecule has 3 rings (SSSR count). The summed E-state index contributed by atoms with van der Waals surface area (Å²) in [6.07, 6.45) is 0. The molecule has 10 heteroatoms. The van der Waals surface area contributed by atoms with Gasteiger partial charge in [-0.2, -0.15) is 8.78 Å². The van der Waals surface area contributed by atoms with Crippen LogP contribution in [0.25, 0.3) is 11.5 Å². The monoisotopic (exact) mass is 379 g/mol. The number of rotatable bonds is 7. The molecule has 0 bridgehead atoms. The summed E-state index contributed by atoms with van der Waals surface area (Å²) < 4.78 is 34.1. The van der Waals surface area contributed by atoms with Gasteiger partial charge in [-0.05, 0) is 29.8 Å². The number of hydrogen-bond acceptors (Lipinski definition) is 7. The van der Waals surface area contributed by atoms with Gasteiger partial charge >= 0.3 is 6.61 Å². The Hall–Kier alpha value is -3.01. The van der Waals surface area contributed by atoms with E-state index in [4.69, 9.17) is 4.42 Å². The molecular weight excluding hydrogens is 368 g/mol. The second-order valence-corrected chi connectivity index (χ2v) is 5.92. The number of non-ortho nitro benzene ring substituents is 1. The van der Waals surface area contributed by atoms with Gasteiger partial charge < -0.3 is 9.15 Å². The number of nitro benzene ring substituents is 1. The molecule has 0 atom stereocenters. The van der Waals surface area contributed by atoms with Gasteiger partial charge in [0, 0.05) is 23.4 Å². The molecule has 2 aromatic carbocycles. The SMILES string of the molecule is O=[N+]([O-])c1cccc(CSc2nnc(-c3ccc(OC(F)F)cc3)o2)c1. The molecule has 0 saturated heterocycles. The Morgan fingerprint density at radius 3 is 2.65 bits per heavy atom. The molecule has 1 aromatic heterocycles. The lowest BCUT2D eigenvalue weighted by Gasteiger charge is -2.03. The van der Waals surface area contributed by atoms with Crippen LogP contribution in [0, 0.1) is 10.1 Å². The third kappa shape index (κ3) is 4.54. The van der Waals surface area contributed by atoms with Gasteiger partial charge in [0.15, 0.2) is 0 Å². The third-order valence-corrected chi connectivity index (χ3v) is 4.11. The maximum absolute atomic E-state index is 12.1. The van der Waals surface area contributed by atoms with Crippen molar-refractivity contribution in [2.24, 2.45) is 0 Å². The zero-order valence-corrected chi connectivity index (χ0v) is 13.9. The van der Waals surface area contributed by atoms with Gasteiger partial charge in [0.1, 0.15) is 5.75 Å². The molecule has 0 aliphatic carbocycles. The number of halogens is 2. The van der Waals surface area contributed by atoms with E-state index < -0.39 is 11.5 Å². The van der Waals surface area contributed by atoms with Crippen molar-refractivity contribution in [2.45, 2.75) is 17.6 Å². The second-order valence-electron chi connectivity index (χ2n) is 4.99. The summed E-state index contributed by atoms with van der Waals surface area (Å²) in [5, 5.41) is 18.9. The van der Waals surface area contributed by atoms with Crippen molar-refractivity contribution in [2.75, 3.05) is 0 Å². The molecule has 0 spiro atoms. The minimum absolute atomic E-state index is 0.0143. The van der Waals surface area contributed by atoms with Crippen molar-refractivity contribution in [1.82, 2.24) is 10.2 Å². The molecule has 26 heavy (non-hydrogen) atoms. The topological polar surface area (TPSA) is 91.3 Å². The lowest BCUT2D eigenvalue weighted by atomic mass is 10.2. The maximum atomic E-state index is 12.1. The fourth-order valence-corrected chi connectivity index (χ4v) is 2.77. The molecule has 0 aliphatic rings. The first-order valence-electron chi connectivity index (χ1n) is 7.26. The van der Waals surface area contributed by atoms with Crippen molar-refractivity contribution >= 4 is 17.4 Å². The summed E-state index contributed by atoms with van der Waals surface area (Å²) in [4.78, 5) is 10.3. The minimum atomic E-state index is -2.89. The molecule has 0 aliphatic heterocycles. The Labute approximate surface area is 150 Å². The maximum Gasteiger partial charge on any atom is 0.387 e. The third-order valence-electron chi connectivity index (χ3n) is 3.22. The van der Waals surface area contributed by atoms with E-state index in [0.717, 1.165) is 5.56 Å². The van der Waals surface area contributed by atoms with Crippen molar-refractivity contribution in [3.05, 3.63) is 64.2 Å². The van der Waals surface area contributed by atoms with Crippen LogP contribution in [0.5, 0.6) is 5.75 Å². The fourth-order valence-electron chi connectivity index (χ4n) is 2.07. The number of thioether (sulfide) groups is 1. The normalized spacial score (nSPS) is 10.9. The van der Waals surface area contributed by atoms with E-state index in [1.54, 1.807) is 12.1 Å². The Morgan fingerprint density at radius 1 is 1.19 bits per heavy atom. The highest BCUT2D eigenvalue weighted by Gasteiger charge is 2.12. The molecule has 3 aromatic rings. The average Bonchev–Trinajstić information content (AvgIpc) is 3.09. The number of aromatic nitrogens is 2. The number of nitrogens with zero attached hydrogens (tertiary/aromatic N) is 3. The second kappa shape index (κ2) is 7.91. The number of hydrogen-bond donors (Lipinski definition) is 0. The molecular formula is C16H11F2N3O4S. The van der Waals surface area contributed by atoms with E-state index in [9.17, 15) is 18.9 Å². The minimum Gasteiger partial charge on any atom is -0.435 e. The molecule has 1 heterocycles. The van der Waals surface area contributed by atoms with Crippen molar-refractivity contribution in [3.8, 4) is 17.2 Å². The first kappa shape index (κ1) is 17.8. The molecule has 0 unspecified atom stereocenters. The van der Waals surface area contributed by atoms with Gasteiger partial charge in [-0.15, -0.1) is 10.2 Å². The van der Waals surface area contributed by atoms with Crippen LogP contribution in [0.4, 0.5) is 14.5 Å². The van der Waals surface area contributed by atoms with Crippen LogP contribution >= 0.6 is 11.8 Å². The van der Waals surface area contributed by atoms with Crippen LogP contribution < -0.4 is 4.74 Å². The number of nitro groups is 1. The van der Waals surface area contributed by atoms with Crippen LogP contribution in [-0.4, -0.2) is 21.7 Å². The zero-order valence-electron chi connectivity index (χ0n) is 13.0. The summed E-state index contributed by atoms with van der Waals surface area (Å²) in [6.45, 7) is -2.89. The Morgan fingerprint density at radius 2 is 1.96 bits per heavy atom. The van der Waals surface area contributed by atoms with E-state index in [0.29, 0.717) is 16.5 Å². The van der Waals surface area contributed by atoms with Gasteiger partial charge in [0.25, 0.3) is 10.9 Å². The Bertz CT molecular complexity index is 903. The highest BCUT2D eigenvalue weighted by molar-refractivity contribution is 7.98. The van der Waals surface area contributed by atoms with Crippen molar-refractivity contribution in [3.63, 3.8) is 0 Å². The van der Waals surface area contributed by atoms with Crippen molar-refractivity contribution < 1.29 is 22.9 Å². The van der Waals surface area contributed by atoms with E-state index >= 15 is 0 Å². The van der Waals surface area contributed by atoms with Gasteiger partial charge in [-0.3, -0.25) is 10.1 Å². The quantitative estimate of drug-likeness (QED) is 0.338. The summed E-state index contributed by atoms with van der Waals surface area (Å²) in [6, 6.07) is 12.1. The van der Waals surface area contributed by atoms with E-state index in [2.05, 4.69) is 14.9 Å². The van der Waals surface area contributed by atoms with Crippen LogP contribution in [0.15, 0.2) is 58.2 Å². The summed E-state index contributed by atoms with van der Waals surface area (Å²) in [7, 11) is 0. The molecule has 0 saturated carbocycles. The van der Waals surface area contributed by atoms with E-state index in [1.807, 2.05) is 0 Å². The predicted molar refractivity (Wildman–Crippen MR) is 89.0 cm³/mol. The lowest BCUT2D eigenvalue weighted by Crippen LogP contribution is -2.01. The molecule has 0 N–H and O–H groups in total. The van der Waals surface area contributed by atoms with Gasteiger partial charge in [-0.1, -0.05) is 23.9 Å². The molecule has 0 radical (unpaired) electrons. The number of ether oxygens (including phenoxy) is 1. The van der Waals surface area contributed by atoms with Gasteiger partial charge in [0.05, 0.1) is 4.92 Å². The summed E-state index contributed by atoms with van der Waals surface area (Å²) in [5.41, 5.74) is 1.32. The summed E-state index contributed by atoms with van der Waals surface area (Å²) in [5.74, 6) is 0.684. The van der Waals surface area contributed by atoms with Crippen molar-refractivity contribution in [1.29, 1.82) is 0 Å².